The minimum atomic E-state index is -0.526. The quantitative estimate of drug-likeness (QED) is 0.620. The highest BCUT2D eigenvalue weighted by Crippen LogP contribution is 2.30. The average Bonchev–Trinajstić information content (AvgIpc) is 2.34. The van der Waals surface area contributed by atoms with Crippen molar-refractivity contribution in [3.8, 4) is 11.6 Å². The van der Waals surface area contributed by atoms with Crippen molar-refractivity contribution < 1.29 is 9.13 Å². The standard InChI is InChI=1S/C11H6Cl3FN2O/c12-4-7-10(14)16-5-17-11(7)18-6-1-2-9(15)8(13)3-6/h1-3,5H,4H2. The molecule has 0 saturated heterocycles. The second kappa shape index (κ2) is 5.69. The number of hydrogen-bond acceptors (Lipinski definition) is 3. The van der Waals surface area contributed by atoms with Gasteiger partial charge in [-0.1, -0.05) is 23.2 Å². The predicted octanol–water partition coefficient (Wildman–Crippen LogP) is 4.45. The molecule has 0 aliphatic heterocycles. The summed E-state index contributed by atoms with van der Waals surface area (Å²) < 4.78 is 18.4. The fourth-order valence-corrected chi connectivity index (χ4v) is 1.90. The van der Waals surface area contributed by atoms with E-state index >= 15 is 0 Å². The maximum atomic E-state index is 13.0. The lowest BCUT2D eigenvalue weighted by atomic mass is 10.3. The van der Waals surface area contributed by atoms with Gasteiger partial charge in [0, 0.05) is 6.07 Å². The van der Waals surface area contributed by atoms with Crippen molar-refractivity contribution >= 4 is 34.8 Å². The van der Waals surface area contributed by atoms with Crippen LogP contribution in [0.15, 0.2) is 24.5 Å². The van der Waals surface area contributed by atoms with E-state index in [-0.39, 0.29) is 21.9 Å². The molecule has 0 unspecified atom stereocenters. The Hall–Kier alpha value is -1.10. The van der Waals surface area contributed by atoms with Crippen LogP contribution in [0.5, 0.6) is 11.6 Å². The monoisotopic (exact) mass is 306 g/mol. The molecule has 0 radical (unpaired) electrons. The summed E-state index contributed by atoms with van der Waals surface area (Å²) in [6.07, 6.45) is 1.25. The summed E-state index contributed by atoms with van der Waals surface area (Å²) in [5.41, 5.74) is 0.460. The van der Waals surface area contributed by atoms with Crippen molar-refractivity contribution in [1.82, 2.24) is 9.97 Å². The minimum Gasteiger partial charge on any atom is -0.438 e. The average molecular weight is 308 g/mol. The van der Waals surface area contributed by atoms with Crippen LogP contribution in [-0.2, 0) is 5.88 Å². The molecule has 1 heterocycles. The Bertz CT molecular complexity index is 580. The van der Waals surface area contributed by atoms with E-state index in [1.54, 1.807) is 0 Å². The molecule has 3 nitrogen and oxygen atoms in total. The molecule has 0 saturated carbocycles. The molecule has 2 rings (SSSR count). The third kappa shape index (κ3) is 2.83. The van der Waals surface area contributed by atoms with E-state index in [9.17, 15) is 4.39 Å². The molecule has 7 heteroatoms. The summed E-state index contributed by atoms with van der Waals surface area (Å²) in [6.45, 7) is 0. The van der Waals surface area contributed by atoms with Gasteiger partial charge >= 0.3 is 0 Å². The summed E-state index contributed by atoms with van der Waals surface area (Å²) in [5.74, 6) is 0.127. The number of halogens is 4. The molecule has 0 fully saturated rings. The van der Waals surface area contributed by atoms with Crippen LogP contribution in [0.2, 0.25) is 10.2 Å². The van der Waals surface area contributed by atoms with Gasteiger partial charge in [-0.2, -0.15) is 0 Å². The maximum absolute atomic E-state index is 13.0. The summed E-state index contributed by atoms with van der Waals surface area (Å²) >= 11 is 17.2. The molecule has 1 aromatic heterocycles. The number of ether oxygens (including phenoxy) is 1. The minimum absolute atomic E-state index is 0.0416. The lowest BCUT2D eigenvalue weighted by molar-refractivity contribution is 0.455. The molecule has 1 aromatic carbocycles. The van der Waals surface area contributed by atoms with Crippen LogP contribution in [0, 0.1) is 5.82 Å². The number of alkyl halides is 1. The van der Waals surface area contributed by atoms with E-state index in [1.807, 2.05) is 0 Å². The molecule has 94 valence electrons. The Balaban J connectivity index is 2.34. The van der Waals surface area contributed by atoms with Crippen LogP contribution in [-0.4, -0.2) is 9.97 Å². The zero-order valence-corrected chi connectivity index (χ0v) is 11.1. The number of nitrogens with zero attached hydrogens (tertiary/aromatic N) is 2. The molecule has 0 N–H and O–H groups in total. The smallest absolute Gasteiger partial charge is 0.228 e. The van der Waals surface area contributed by atoms with Crippen molar-refractivity contribution in [2.45, 2.75) is 5.88 Å². The van der Waals surface area contributed by atoms with Crippen LogP contribution in [0.4, 0.5) is 4.39 Å². The van der Waals surface area contributed by atoms with Crippen molar-refractivity contribution in [3.05, 3.63) is 46.1 Å². The van der Waals surface area contributed by atoms with E-state index in [4.69, 9.17) is 39.5 Å². The first-order valence-electron chi connectivity index (χ1n) is 4.80. The fraction of sp³-hybridized carbons (Fsp3) is 0.0909. The fourth-order valence-electron chi connectivity index (χ4n) is 1.23. The normalized spacial score (nSPS) is 10.4. The molecule has 0 aliphatic rings. The predicted molar refractivity (Wildman–Crippen MR) is 68.1 cm³/mol. The van der Waals surface area contributed by atoms with Crippen LogP contribution in [0.3, 0.4) is 0 Å². The molecule has 0 aliphatic carbocycles. The molecule has 0 amide bonds. The largest absolute Gasteiger partial charge is 0.438 e. The second-order valence-electron chi connectivity index (χ2n) is 3.26. The first kappa shape index (κ1) is 13.3. The topological polar surface area (TPSA) is 35.0 Å². The number of rotatable bonds is 3. The molecule has 0 atom stereocenters. The zero-order valence-electron chi connectivity index (χ0n) is 8.83. The first-order chi connectivity index (χ1) is 8.61. The van der Waals surface area contributed by atoms with Crippen LogP contribution < -0.4 is 4.74 Å². The van der Waals surface area contributed by atoms with Gasteiger partial charge in [-0.25, -0.2) is 14.4 Å². The van der Waals surface area contributed by atoms with Crippen LogP contribution >= 0.6 is 34.8 Å². The SMILES string of the molecule is Fc1ccc(Oc2ncnc(Cl)c2CCl)cc1Cl. The van der Waals surface area contributed by atoms with Crippen molar-refractivity contribution in [2.24, 2.45) is 0 Å². The lowest BCUT2D eigenvalue weighted by Gasteiger charge is -2.09. The highest BCUT2D eigenvalue weighted by molar-refractivity contribution is 6.31. The Morgan fingerprint density at radius 1 is 1.22 bits per heavy atom. The van der Waals surface area contributed by atoms with Gasteiger partial charge in [0.15, 0.2) is 0 Å². The molecular formula is C11H6Cl3FN2O. The van der Waals surface area contributed by atoms with Gasteiger partial charge < -0.3 is 4.74 Å². The van der Waals surface area contributed by atoms with Crippen LogP contribution in [0.25, 0.3) is 0 Å². The summed E-state index contributed by atoms with van der Waals surface area (Å²) in [4.78, 5) is 7.71. The second-order valence-corrected chi connectivity index (χ2v) is 4.29. The van der Waals surface area contributed by atoms with Gasteiger partial charge in [0.25, 0.3) is 0 Å². The molecule has 2 aromatic rings. The molecular weight excluding hydrogens is 301 g/mol. The Morgan fingerprint density at radius 3 is 2.67 bits per heavy atom. The third-order valence-electron chi connectivity index (χ3n) is 2.09. The van der Waals surface area contributed by atoms with Crippen LogP contribution in [0.1, 0.15) is 5.56 Å². The maximum Gasteiger partial charge on any atom is 0.228 e. The van der Waals surface area contributed by atoms with Crippen molar-refractivity contribution in [3.63, 3.8) is 0 Å². The molecule has 0 bridgehead atoms. The van der Waals surface area contributed by atoms with E-state index in [0.717, 1.165) is 0 Å². The van der Waals surface area contributed by atoms with Gasteiger partial charge in [0.1, 0.15) is 23.0 Å². The Kier molecular flexibility index (Phi) is 4.22. The third-order valence-corrected chi connectivity index (χ3v) is 2.98. The van der Waals surface area contributed by atoms with E-state index in [1.165, 1.54) is 24.5 Å². The Morgan fingerprint density at radius 2 is 2.00 bits per heavy atom. The molecule has 18 heavy (non-hydrogen) atoms. The van der Waals surface area contributed by atoms with Gasteiger partial charge in [0.05, 0.1) is 16.5 Å². The highest BCUT2D eigenvalue weighted by atomic mass is 35.5. The van der Waals surface area contributed by atoms with Gasteiger partial charge in [-0.3, -0.25) is 0 Å². The van der Waals surface area contributed by atoms with Gasteiger partial charge in [-0.05, 0) is 12.1 Å². The lowest BCUT2D eigenvalue weighted by Crippen LogP contribution is -1.96. The molecule has 0 spiro atoms. The van der Waals surface area contributed by atoms with Crippen molar-refractivity contribution in [2.75, 3.05) is 0 Å². The van der Waals surface area contributed by atoms with E-state index in [2.05, 4.69) is 9.97 Å². The van der Waals surface area contributed by atoms with E-state index in [0.29, 0.717) is 11.3 Å². The zero-order chi connectivity index (χ0) is 13.1. The first-order valence-corrected chi connectivity index (χ1v) is 6.09. The van der Waals surface area contributed by atoms with Gasteiger partial charge in [0.2, 0.25) is 5.88 Å². The van der Waals surface area contributed by atoms with Crippen molar-refractivity contribution in [1.29, 1.82) is 0 Å². The number of benzene rings is 1. The highest BCUT2D eigenvalue weighted by Gasteiger charge is 2.12. The van der Waals surface area contributed by atoms with E-state index < -0.39 is 5.82 Å². The van der Waals surface area contributed by atoms with Gasteiger partial charge in [-0.15, -0.1) is 11.6 Å². The number of hydrogen-bond donors (Lipinski definition) is 0. The summed E-state index contributed by atoms with van der Waals surface area (Å²) in [5, 5.41) is 0.170. The summed E-state index contributed by atoms with van der Waals surface area (Å²) in [7, 11) is 0. The number of aromatic nitrogens is 2. The summed E-state index contributed by atoms with van der Waals surface area (Å²) in [6, 6.07) is 3.96. The Labute approximate surface area is 117 Å².